The molecule has 0 unspecified atom stereocenters. The highest BCUT2D eigenvalue weighted by Gasteiger charge is 2.01. The average molecular weight is 213 g/mol. The smallest absolute Gasteiger partial charge is 0.239 e. The van der Waals surface area contributed by atoms with Gasteiger partial charge in [-0.25, -0.2) is 4.98 Å². The van der Waals surface area contributed by atoms with Crippen molar-refractivity contribution in [1.82, 2.24) is 10.3 Å². The van der Waals surface area contributed by atoms with Crippen molar-refractivity contribution in [2.75, 3.05) is 18.4 Å². The summed E-state index contributed by atoms with van der Waals surface area (Å²) in [6.45, 7) is 4.99. The van der Waals surface area contributed by atoms with E-state index in [0.717, 1.165) is 23.8 Å². The number of nitrogens with zero attached hydrogens (tertiary/aromatic N) is 1. The normalized spacial score (nSPS) is 9.86. The topological polar surface area (TPSA) is 54.0 Å². The molecule has 4 nitrogen and oxygen atoms in total. The highest BCUT2D eigenvalue weighted by molar-refractivity contribution is 7.13. The number of aromatic nitrogens is 1. The summed E-state index contributed by atoms with van der Waals surface area (Å²) in [6, 6.07) is 0. The summed E-state index contributed by atoms with van der Waals surface area (Å²) >= 11 is 1.51. The highest BCUT2D eigenvalue weighted by Crippen LogP contribution is 2.13. The van der Waals surface area contributed by atoms with Crippen LogP contribution in [0.3, 0.4) is 0 Å². The van der Waals surface area contributed by atoms with E-state index in [1.54, 1.807) is 0 Å². The first-order valence-corrected chi connectivity index (χ1v) is 5.53. The minimum Gasteiger partial charge on any atom is -0.355 e. The summed E-state index contributed by atoms with van der Waals surface area (Å²) in [5, 5.41) is 8.51. The van der Waals surface area contributed by atoms with E-state index in [1.807, 2.05) is 19.2 Å². The first kappa shape index (κ1) is 11.0. The molecule has 0 saturated heterocycles. The Kier molecular flexibility index (Phi) is 4.39. The molecule has 0 fully saturated rings. The molecule has 0 aliphatic heterocycles. The molecule has 0 atom stereocenters. The van der Waals surface area contributed by atoms with E-state index < -0.39 is 0 Å². The Balaban J connectivity index is 2.23. The Bertz CT molecular complexity index is 298. The standard InChI is InChI=1S/C9H15N3OS/c1-3-4-10-8(13)5-11-9-12-7(2)6-14-9/h6H,3-5H2,1-2H3,(H,10,13)(H,11,12). The molecule has 0 aliphatic carbocycles. The maximum Gasteiger partial charge on any atom is 0.239 e. The van der Waals surface area contributed by atoms with Crippen molar-refractivity contribution in [1.29, 1.82) is 0 Å². The van der Waals surface area contributed by atoms with Crippen molar-refractivity contribution < 1.29 is 4.79 Å². The van der Waals surface area contributed by atoms with E-state index >= 15 is 0 Å². The van der Waals surface area contributed by atoms with Gasteiger partial charge in [0.15, 0.2) is 5.13 Å². The molecule has 1 aromatic heterocycles. The van der Waals surface area contributed by atoms with Gasteiger partial charge in [-0.1, -0.05) is 6.92 Å². The molecule has 1 rings (SSSR count). The number of carbonyl (C=O) groups is 1. The van der Waals surface area contributed by atoms with Crippen LogP contribution in [0.1, 0.15) is 19.0 Å². The first-order valence-electron chi connectivity index (χ1n) is 4.65. The zero-order chi connectivity index (χ0) is 10.4. The first-order chi connectivity index (χ1) is 6.72. The van der Waals surface area contributed by atoms with Crippen LogP contribution in [0, 0.1) is 6.92 Å². The van der Waals surface area contributed by atoms with E-state index in [9.17, 15) is 4.79 Å². The predicted molar refractivity (Wildman–Crippen MR) is 58.6 cm³/mol. The van der Waals surface area contributed by atoms with Crippen LogP contribution in [-0.2, 0) is 4.79 Å². The fourth-order valence-corrected chi connectivity index (χ4v) is 1.61. The number of hydrogen-bond donors (Lipinski definition) is 2. The van der Waals surface area contributed by atoms with Crippen LogP contribution >= 0.6 is 11.3 Å². The van der Waals surface area contributed by atoms with E-state index in [4.69, 9.17) is 0 Å². The fourth-order valence-electron chi connectivity index (χ4n) is 0.918. The molecule has 0 bridgehead atoms. The van der Waals surface area contributed by atoms with Crippen LogP contribution in [0.5, 0.6) is 0 Å². The van der Waals surface area contributed by atoms with Gasteiger partial charge in [0.25, 0.3) is 0 Å². The Morgan fingerprint density at radius 2 is 2.43 bits per heavy atom. The number of carbonyl (C=O) groups excluding carboxylic acids is 1. The Morgan fingerprint density at radius 3 is 3.00 bits per heavy atom. The van der Waals surface area contributed by atoms with Gasteiger partial charge in [-0.15, -0.1) is 11.3 Å². The number of anilines is 1. The molecule has 0 spiro atoms. The summed E-state index contributed by atoms with van der Waals surface area (Å²) in [7, 11) is 0. The third-order valence-corrected chi connectivity index (χ3v) is 2.51. The molecule has 1 amide bonds. The summed E-state index contributed by atoms with van der Waals surface area (Å²) in [6.07, 6.45) is 0.960. The molecule has 1 heterocycles. The van der Waals surface area contributed by atoms with Crippen molar-refractivity contribution in [2.45, 2.75) is 20.3 Å². The summed E-state index contributed by atoms with van der Waals surface area (Å²) in [5.41, 5.74) is 0.978. The third kappa shape index (κ3) is 3.74. The quantitative estimate of drug-likeness (QED) is 0.777. The largest absolute Gasteiger partial charge is 0.355 e. The zero-order valence-electron chi connectivity index (χ0n) is 8.46. The van der Waals surface area contributed by atoms with E-state index in [0.29, 0.717) is 6.54 Å². The van der Waals surface area contributed by atoms with Crippen LogP contribution in [0.2, 0.25) is 0 Å². The second-order valence-corrected chi connectivity index (χ2v) is 3.86. The molecule has 14 heavy (non-hydrogen) atoms. The Hall–Kier alpha value is -1.10. The minimum atomic E-state index is 0.0136. The van der Waals surface area contributed by atoms with Crippen LogP contribution in [0.15, 0.2) is 5.38 Å². The zero-order valence-corrected chi connectivity index (χ0v) is 9.28. The minimum absolute atomic E-state index is 0.0136. The number of nitrogens with one attached hydrogen (secondary N) is 2. The van der Waals surface area contributed by atoms with Crippen molar-refractivity contribution >= 4 is 22.4 Å². The van der Waals surface area contributed by atoms with Gasteiger partial charge in [0.2, 0.25) is 5.91 Å². The van der Waals surface area contributed by atoms with Crippen molar-refractivity contribution in [3.63, 3.8) is 0 Å². The molecule has 5 heteroatoms. The van der Waals surface area contributed by atoms with Gasteiger partial charge >= 0.3 is 0 Å². The Morgan fingerprint density at radius 1 is 1.64 bits per heavy atom. The molecule has 0 radical (unpaired) electrons. The van der Waals surface area contributed by atoms with Gasteiger partial charge in [-0.05, 0) is 13.3 Å². The van der Waals surface area contributed by atoms with Crippen molar-refractivity contribution in [3.05, 3.63) is 11.1 Å². The van der Waals surface area contributed by atoms with Gasteiger partial charge in [0.1, 0.15) is 0 Å². The maximum absolute atomic E-state index is 11.2. The molecule has 0 aliphatic rings. The number of hydrogen-bond acceptors (Lipinski definition) is 4. The Labute approximate surface area is 87.7 Å². The second-order valence-electron chi connectivity index (χ2n) is 3.00. The van der Waals surface area contributed by atoms with Crippen LogP contribution in [0.4, 0.5) is 5.13 Å². The lowest BCUT2D eigenvalue weighted by molar-refractivity contribution is -0.119. The molecule has 1 aromatic rings. The van der Waals surface area contributed by atoms with Crippen molar-refractivity contribution in [3.8, 4) is 0 Å². The van der Waals surface area contributed by atoms with Gasteiger partial charge < -0.3 is 10.6 Å². The number of rotatable bonds is 5. The maximum atomic E-state index is 11.2. The van der Waals surface area contributed by atoms with Crippen molar-refractivity contribution in [2.24, 2.45) is 0 Å². The van der Waals surface area contributed by atoms with E-state index in [1.165, 1.54) is 11.3 Å². The SMILES string of the molecule is CCCNC(=O)CNc1nc(C)cs1. The molecular weight excluding hydrogens is 198 g/mol. The molecule has 78 valence electrons. The predicted octanol–water partition coefficient (Wildman–Crippen LogP) is 1.39. The molecule has 0 saturated carbocycles. The average Bonchev–Trinajstić information content (AvgIpc) is 2.58. The number of amides is 1. The summed E-state index contributed by atoms with van der Waals surface area (Å²) in [4.78, 5) is 15.4. The van der Waals surface area contributed by atoms with Gasteiger partial charge in [-0.3, -0.25) is 4.79 Å². The van der Waals surface area contributed by atoms with E-state index in [-0.39, 0.29) is 5.91 Å². The molecule has 0 aromatic carbocycles. The lowest BCUT2D eigenvalue weighted by atomic mass is 10.4. The highest BCUT2D eigenvalue weighted by atomic mass is 32.1. The monoisotopic (exact) mass is 213 g/mol. The van der Waals surface area contributed by atoms with Gasteiger partial charge in [0.05, 0.1) is 12.2 Å². The van der Waals surface area contributed by atoms with Gasteiger partial charge in [0, 0.05) is 11.9 Å². The van der Waals surface area contributed by atoms with Crippen LogP contribution in [0.25, 0.3) is 0 Å². The fraction of sp³-hybridized carbons (Fsp3) is 0.556. The van der Waals surface area contributed by atoms with Crippen LogP contribution in [-0.4, -0.2) is 24.0 Å². The number of thiazole rings is 1. The summed E-state index contributed by atoms with van der Waals surface area (Å²) < 4.78 is 0. The second kappa shape index (κ2) is 5.59. The molecule has 2 N–H and O–H groups in total. The van der Waals surface area contributed by atoms with Crippen LogP contribution < -0.4 is 10.6 Å². The lowest BCUT2D eigenvalue weighted by Gasteiger charge is -2.03. The lowest BCUT2D eigenvalue weighted by Crippen LogP contribution is -2.30. The van der Waals surface area contributed by atoms with Gasteiger partial charge in [-0.2, -0.15) is 0 Å². The van der Waals surface area contributed by atoms with E-state index in [2.05, 4.69) is 15.6 Å². The third-order valence-electron chi connectivity index (χ3n) is 1.59. The molecular formula is C9H15N3OS. The summed E-state index contributed by atoms with van der Waals surface area (Å²) in [5.74, 6) is 0.0136. The number of aryl methyl sites for hydroxylation is 1.